The van der Waals surface area contributed by atoms with Gasteiger partial charge >= 0.3 is 0 Å². The Balaban J connectivity index is 2.14. The smallest absolute Gasteiger partial charge is 0.0496 e. The summed E-state index contributed by atoms with van der Waals surface area (Å²) >= 11 is 7.72. The Kier molecular flexibility index (Phi) is 3.75. The van der Waals surface area contributed by atoms with E-state index in [1.165, 1.54) is 15.3 Å². The average molecular weight is 266 g/mol. The Bertz CT molecular complexity index is 501. The summed E-state index contributed by atoms with van der Waals surface area (Å²) in [7, 11) is 0. The lowest BCUT2D eigenvalue weighted by Gasteiger charge is -2.15. The molecular formula is C14H16ClNS. The van der Waals surface area contributed by atoms with Gasteiger partial charge in [-0.1, -0.05) is 11.6 Å². The third-order valence-corrected chi connectivity index (χ3v) is 4.01. The van der Waals surface area contributed by atoms with Crippen molar-refractivity contribution in [2.24, 2.45) is 0 Å². The molecule has 0 saturated heterocycles. The maximum absolute atomic E-state index is 5.87. The highest BCUT2D eigenvalue weighted by Crippen LogP contribution is 2.28. The second-order valence-electron chi connectivity index (χ2n) is 4.24. The van der Waals surface area contributed by atoms with Gasteiger partial charge in [0.2, 0.25) is 0 Å². The number of rotatable bonds is 3. The van der Waals surface area contributed by atoms with Gasteiger partial charge in [0.1, 0.15) is 0 Å². The minimum Gasteiger partial charge on any atom is -0.378 e. The van der Waals surface area contributed by atoms with Crippen LogP contribution in [0.1, 0.15) is 28.3 Å². The molecule has 17 heavy (non-hydrogen) atoms. The zero-order valence-corrected chi connectivity index (χ0v) is 11.8. The number of nitrogens with one attached hydrogen (secondary N) is 1. The molecule has 0 aliphatic heterocycles. The molecule has 0 aliphatic rings. The topological polar surface area (TPSA) is 12.0 Å². The monoisotopic (exact) mass is 265 g/mol. The molecule has 1 heterocycles. The number of anilines is 1. The minimum absolute atomic E-state index is 0.320. The van der Waals surface area contributed by atoms with E-state index in [0.717, 1.165) is 10.7 Å². The van der Waals surface area contributed by atoms with Gasteiger partial charge < -0.3 is 5.32 Å². The lowest BCUT2D eigenvalue weighted by molar-refractivity contribution is 0.882. The second-order valence-corrected chi connectivity index (χ2v) is 6.14. The Morgan fingerprint density at radius 1 is 1.18 bits per heavy atom. The van der Waals surface area contributed by atoms with Crippen molar-refractivity contribution < 1.29 is 0 Å². The maximum Gasteiger partial charge on any atom is 0.0496 e. The molecule has 2 aromatic rings. The van der Waals surface area contributed by atoms with Crippen LogP contribution in [-0.2, 0) is 0 Å². The molecule has 0 aliphatic carbocycles. The first kappa shape index (κ1) is 12.5. The number of aryl methyl sites for hydroxylation is 2. The normalized spacial score (nSPS) is 12.5. The minimum atomic E-state index is 0.320. The van der Waals surface area contributed by atoms with Crippen LogP contribution >= 0.6 is 22.9 Å². The van der Waals surface area contributed by atoms with Crippen molar-refractivity contribution in [3.05, 3.63) is 50.7 Å². The van der Waals surface area contributed by atoms with E-state index in [1.54, 1.807) is 0 Å². The molecule has 90 valence electrons. The molecule has 0 fully saturated rings. The number of thiophene rings is 1. The average Bonchev–Trinajstić information content (AvgIpc) is 2.61. The van der Waals surface area contributed by atoms with Crippen LogP contribution in [0, 0.1) is 13.8 Å². The van der Waals surface area contributed by atoms with Crippen molar-refractivity contribution >= 4 is 28.6 Å². The highest BCUT2D eigenvalue weighted by Gasteiger charge is 2.10. The van der Waals surface area contributed by atoms with Gasteiger partial charge in [-0.15, -0.1) is 11.3 Å². The first-order chi connectivity index (χ1) is 8.06. The quantitative estimate of drug-likeness (QED) is 0.805. The van der Waals surface area contributed by atoms with Crippen LogP contribution in [0.2, 0.25) is 5.02 Å². The van der Waals surface area contributed by atoms with Crippen molar-refractivity contribution in [2.45, 2.75) is 26.8 Å². The Morgan fingerprint density at radius 3 is 2.35 bits per heavy atom. The molecule has 0 bridgehead atoms. The van der Waals surface area contributed by atoms with Gasteiger partial charge in [0.25, 0.3) is 0 Å². The lowest BCUT2D eigenvalue weighted by Crippen LogP contribution is -2.06. The molecule has 1 aromatic carbocycles. The van der Waals surface area contributed by atoms with Crippen LogP contribution in [0.4, 0.5) is 5.69 Å². The van der Waals surface area contributed by atoms with Crippen molar-refractivity contribution in [3.8, 4) is 0 Å². The molecule has 0 saturated carbocycles. The molecule has 0 amide bonds. The van der Waals surface area contributed by atoms with Crippen LogP contribution in [0.5, 0.6) is 0 Å². The van der Waals surface area contributed by atoms with Crippen LogP contribution < -0.4 is 5.32 Å². The Labute approximate surface area is 111 Å². The fourth-order valence-corrected chi connectivity index (χ4v) is 3.10. The largest absolute Gasteiger partial charge is 0.378 e. The van der Waals surface area contributed by atoms with Crippen LogP contribution in [0.3, 0.4) is 0 Å². The molecule has 0 spiro atoms. The van der Waals surface area contributed by atoms with Gasteiger partial charge in [-0.05, 0) is 56.7 Å². The Morgan fingerprint density at radius 2 is 1.82 bits per heavy atom. The van der Waals surface area contributed by atoms with E-state index in [9.17, 15) is 0 Å². The molecule has 3 heteroatoms. The highest BCUT2D eigenvalue weighted by molar-refractivity contribution is 7.12. The maximum atomic E-state index is 5.87. The van der Waals surface area contributed by atoms with Crippen LogP contribution in [0.25, 0.3) is 0 Å². The van der Waals surface area contributed by atoms with Gasteiger partial charge in [-0.3, -0.25) is 0 Å². The van der Waals surface area contributed by atoms with Crippen LogP contribution in [0.15, 0.2) is 30.3 Å². The fraction of sp³-hybridized carbons (Fsp3) is 0.286. The molecule has 2 rings (SSSR count). The van der Waals surface area contributed by atoms with Crippen LogP contribution in [-0.4, -0.2) is 0 Å². The van der Waals surface area contributed by atoms with Gasteiger partial charge in [-0.25, -0.2) is 0 Å². The summed E-state index contributed by atoms with van der Waals surface area (Å²) in [5, 5.41) is 4.26. The molecule has 1 N–H and O–H groups in total. The molecule has 1 aromatic heterocycles. The Hall–Kier alpha value is -0.990. The first-order valence-electron chi connectivity index (χ1n) is 5.65. The number of hydrogen-bond acceptors (Lipinski definition) is 2. The summed E-state index contributed by atoms with van der Waals surface area (Å²) in [6, 6.07) is 10.4. The molecule has 1 unspecified atom stereocenters. The van der Waals surface area contributed by atoms with Gasteiger partial charge in [-0.2, -0.15) is 0 Å². The standard InChI is InChI=1S/C14H16ClNS/c1-9-8-14(11(3)17-9)10(2)16-13-6-4-12(15)5-7-13/h4-8,10,16H,1-3H3. The third kappa shape index (κ3) is 3.02. The molecule has 1 atom stereocenters. The number of halogens is 1. The zero-order valence-electron chi connectivity index (χ0n) is 10.3. The summed E-state index contributed by atoms with van der Waals surface area (Å²) in [4.78, 5) is 2.75. The summed E-state index contributed by atoms with van der Waals surface area (Å²) in [5.41, 5.74) is 2.48. The first-order valence-corrected chi connectivity index (χ1v) is 6.85. The zero-order chi connectivity index (χ0) is 12.4. The third-order valence-electron chi connectivity index (χ3n) is 2.77. The summed E-state index contributed by atoms with van der Waals surface area (Å²) < 4.78 is 0. The predicted molar refractivity (Wildman–Crippen MR) is 77.3 cm³/mol. The van der Waals surface area contributed by atoms with Gasteiger partial charge in [0.05, 0.1) is 0 Å². The number of benzene rings is 1. The highest BCUT2D eigenvalue weighted by atomic mass is 35.5. The van der Waals surface area contributed by atoms with E-state index in [2.05, 4.69) is 32.2 Å². The summed E-state index contributed by atoms with van der Waals surface area (Å²) in [6.07, 6.45) is 0. The molecular weight excluding hydrogens is 250 g/mol. The second kappa shape index (κ2) is 5.11. The SMILES string of the molecule is Cc1cc(C(C)Nc2ccc(Cl)cc2)c(C)s1. The van der Waals surface area contributed by atoms with E-state index in [-0.39, 0.29) is 0 Å². The van der Waals surface area contributed by atoms with E-state index >= 15 is 0 Å². The van der Waals surface area contributed by atoms with E-state index in [1.807, 2.05) is 35.6 Å². The molecule has 0 radical (unpaired) electrons. The van der Waals surface area contributed by atoms with Crippen molar-refractivity contribution in [1.82, 2.24) is 0 Å². The van der Waals surface area contributed by atoms with Gasteiger partial charge in [0.15, 0.2) is 0 Å². The van der Waals surface area contributed by atoms with E-state index in [0.29, 0.717) is 6.04 Å². The van der Waals surface area contributed by atoms with Crippen molar-refractivity contribution in [1.29, 1.82) is 0 Å². The van der Waals surface area contributed by atoms with Crippen molar-refractivity contribution in [2.75, 3.05) is 5.32 Å². The number of hydrogen-bond donors (Lipinski definition) is 1. The van der Waals surface area contributed by atoms with Crippen molar-refractivity contribution in [3.63, 3.8) is 0 Å². The summed E-state index contributed by atoms with van der Waals surface area (Å²) in [6.45, 7) is 6.51. The predicted octanol–water partition coefficient (Wildman–Crippen LogP) is 5.19. The molecule has 1 nitrogen and oxygen atoms in total. The fourth-order valence-electron chi connectivity index (χ4n) is 1.95. The lowest BCUT2D eigenvalue weighted by atomic mass is 10.1. The van der Waals surface area contributed by atoms with E-state index < -0.39 is 0 Å². The van der Waals surface area contributed by atoms with E-state index in [4.69, 9.17) is 11.6 Å². The summed E-state index contributed by atoms with van der Waals surface area (Å²) in [5.74, 6) is 0. The van der Waals surface area contributed by atoms with Gasteiger partial charge in [0, 0.05) is 26.5 Å².